The van der Waals surface area contributed by atoms with Gasteiger partial charge in [0, 0.05) is 0 Å². The highest BCUT2D eigenvalue weighted by atomic mass is 35.5. The van der Waals surface area contributed by atoms with Crippen molar-refractivity contribution in [2.24, 2.45) is 5.73 Å². The highest BCUT2D eigenvalue weighted by Crippen LogP contribution is 2.18. The number of furan rings is 1. The van der Waals surface area contributed by atoms with Gasteiger partial charge in [-0.3, -0.25) is 4.79 Å². The minimum absolute atomic E-state index is 0. The number of amides is 1. The van der Waals surface area contributed by atoms with Crippen molar-refractivity contribution in [1.82, 2.24) is 5.32 Å². The van der Waals surface area contributed by atoms with Crippen LogP contribution < -0.4 is 20.5 Å². The van der Waals surface area contributed by atoms with Gasteiger partial charge >= 0.3 is 0 Å². The van der Waals surface area contributed by atoms with Gasteiger partial charge in [-0.1, -0.05) is 0 Å². The molecule has 0 spiro atoms. The lowest BCUT2D eigenvalue weighted by Gasteiger charge is -2.15. The largest absolute Gasteiger partial charge is 0.497 e. The van der Waals surface area contributed by atoms with E-state index in [1.165, 1.54) is 6.26 Å². The van der Waals surface area contributed by atoms with Crippen molar-refractivity contribution >= 4 is 18.3 Å². The first-order chi connectivity index (χ1) is 10.6. The predicted molar refractivity (Wildman–Crippen MR) is 89.3 cm³/mol. The van der Waals surface area contributed by atoms with Gasteiger partial charge in [-0.2, -0.15) is 0 Å². The summed E-state index contributed by atoms with van der Waals surface area (Å²) in [6, 6.07) is 8.91. The number of carbonyl (C=O) groups is 1. The van der Waals surface area contributed by atoms with Crippen LogP contribution in [0.4, 0.5) is 0 Å². The molecule has 0 aliphatic rings. The van der Waals surface area contributed by atoms with Crippen LogP contribution in [-0.2, 0) is 6.54 Å². The maximum Gasteiger partial charge on any atom is 0.254 e. The minimum Gasteiger partial charge on any atom is -0.497 e. The van der Waals surface area contributed by atoms with E-state index in [1.54, 1.807) is 13.2 Å². The molecule has 23 heavy (non-hydrogen) atoms. The first-order valence-corrected chi connectivity index (χ1v) is 6.98. The Labute approximate surface area is 141 Å². The van der Waals surface area contributed by atoms with E-state index >= 15 is 0 Å². The van der Waals surface area contributed by atoms with E-state index in [0.29, 0.717) is 17.9 Å². The van der Waals surface area contributed by atoms with Gasteiger partial charge in [0.1, 0.15) is 29.6 Å². The molecule has 7 heteroatoms. The second-order valence-corrected chi connectivity index (χ2v) is 4.82. The summed E-state index contributed by atoms with van der Waals surface area (Å²) in [5.41, 5.74) is 5.89. The van der Waals surface area contributed by atoms with Gasteiger partial charge in [0.25, 0.3) is 5.91 Å². The van der Waals surface area contributed by atoms with Crippen molar-refractivity contribution in [2.45, 2.75) is 19.6 Å². The molecule has 126 valence electrons. The van der Waals surface area contributed by atoms with Crippen LogP contribution >= 0.6 is 12.4 Å². The minimum atomic E-state index is -0.214. The third-order valence-corrected chi connectivity index (χ3v) is 3.06. The van der Waals surface area contributed by atoms with E-state index in [4.69, 9.17) is 19.6 Å². The molecule has 1 unspecified atom stereocenters. The smallest absolute Gasteiger partial charge is 0.254 e. The number of halogens is 1. The summed E-state index contributed by atoms with van der Waals surface area (Å²) >= 11 is 0. The summed E-state index contributed by atoms with van der Waals surface area (Å²) in [6.45, 7) is 2.53. The van der Waals surface area contributed by atoms with E-state index in [0.717, 1.165) is 11.5 Å². The van der Waals surface area contributed by atoms with Crippen LogP contribution in [0, 0.1) is 0 Å². The molecule has 1 amide bonds. The Balaban J connectivity index is 0.00000264. The molecule has 0 saturated heterocycles. The van der Waals surface area contributed by atoms with E-state index < -0.39 is 0 Å². The summed E-state index contributed by atoms with van der Waals surface area (Å²) in [5.74, 6) is 1.85. The second-order valence-electron chi connectivity index (χ2n) is 4.82. The molecular weight excluding hydrogens is 320 g/mol. The summed E-state index contributed by atoms with van der Waals surface area (Å²) in [7, 11) is 1.61. The van der Waals surface area contributed by atoms with Crippen LogP contribution in [0.3, 0.4) is 0 Å². The van der Waals surface area contributed by atoms with Crippen LogP contribution in [0.15, 0.2) is 41.0 Å². The number of carbonyl (C=O) groups excluding carboxylic acids is 1. The third kappa shape index (κ3) is 5.50. The van der Waals surface area contributed by atoms with Gasteiger partial charge in [0.05, 0.1) is 25.8 Å². The molecule has 0 fully saturated rings. The van der Waals surface area contributed by atoms with Gasteiger partial charge in [0.2, 0.25) is 0 Å². The molecule has 1 atom stereocenters. The Kier molecular flexibility index (Phi) is 7.44. The van der Waals surface area contributed by atoms with Gasteiger partial charge in [0.15, 0.2) is 0 Å². The average molecular weight is 341 g/mol. The van der Waals surface area contributed by atoms with E-state index in [9.17, 15) is 4.79 Å². The van der Waals surface area contributed by atoms with Gasteiger partial charge < -0.3 is 24.9 Å². The fraction of sp³-hybridized carbons (Fsp3) is 0.312. The number of hydrogen-bond acceptors (Lipinski definition) is 5. The molecule has 0 aliphatic heterocycles. The third-order valence-electron chi connectivity index (χ3n) is 3.06. The maximum absolute atomic E-state index is 11.9. The Hall–Kier alpha value is -2.18. The van der Waals surface area contributed by atoms with E-state index in [2.05, 4.69) is 5.32 Å². The molecular formula is C16H21ClN2O4. The predicted octanol–water partition coefficient (Wildman–Crippen LogP) is 2.37. The Morgan fingerprint density at radius 2 is 1.96 bits per heavy atom. The monoisotopic (exact) mass is 340 g/mol. The van der Waals surface area contributed by atoms with Crippen molar-refractivity contribution in [1.29, 1.82) is 0 Å². The molecule has 2 aromatic rings. The number of rotatable bonds is 7. The maximum atomic E-state index is 11.9. The summed E-state index contributed by atoms with van der Waals surface area (Å²) < 4.78 is 15.9. The van der Waals surface area contributed by atoms with Gasteiger partial charge in [-0.05, 0) is 37.3 Å². The standard InChI is InChI=1S/C16H20N2O4.ClH/c1-11(22-14-5-3-13(20-2)4-6-14)9-18-16(19)12-7-15(8-17)21-10-12;/h3-7,10-11H,8-9,17H2,1-2H3,(H,18,19);1H. The fourth-order valence-electron chi connectivity index (χ4n) is 1.87. The molecule has 0 aliphatic carbocycles. The number of methoxy groups -OCH3 is 1. The molecule has 1 aromatic heterocycles. The lowest BCUT2D eigenvalue weighted by Crippen LogP contribution is -2.33. The summed E-state index contributed by atoms with van der Waals surface area (Å²) in [5, 5.41) is 2.79. The quantitative estimate of drug-likeness (QED) is 0.808. The van der Waals surface area contributed by atoms with Crippen LogP contribution in [0.5, 0.6) is 11.5 Å². The fourth-order valence-corrected chi connectivity index (χ4v) is 1.87. The summed E-state index contributed by atoms with van der Waals surface area (Å²) in [4.78, 5) is 11.9. The molecule has 6 nitrogen and oxygen atoms in total. The highest BCUT2D eigenvalue weighted by molar-refractivity contribution is 5.93. The van der Waals surface area contributed by atoms with Crippen molar-refractivity contribution < 1.29 is 18.7 Å². The zero-order chi connectivity index (χ0) is 15.9. The second kappa shape index (κ2) is 9.07. The number of benzene rings is 1. The van der Waals surface area contributed by atoms with E-state index in [-0.39, 0.29) is 31.0 Å². The molecule has 0 radical (unpaired) electrons. The number of ether oxygens (including phenoxy) is 2. The van der Waals surface area contributed by atoms with Crippen LogP contribution in [0.25, 0.3) is 0 Å². The van der Waals surface area contributed by atoms with Crippen LogP contribution in [0.2, 0.25) is 0 Å². The molecule has 0 saturated carbocycles. The Morgan fingerprint density at radius 3 is 2.52 bits per heavy atom. The summed E-state index contributed by atoms with van der Waals surface area (Å²) in [6.07, 6.45) is 1.23. The zero-order valence-electron chi connectivity index (χ0n) is 13.1. The van der Waals surface area contributed by atoms with Crippen LogP contribution in [-0.4, -0.2) is 25.7 Å². The van der Waals surface area contributed by atoms with Crippen molar-refractivity contribution in [2.75, 3.05) is 13.7 Å². The van der Waals surface area contributed by atoms with Crippen molar-refractivity contribution in [3.8, 4) is 11.5 Å². The molecule has 3 N–H and O–H groups in total. The molecule has 1 heterocycles. The van der Waals surface area contributed by atoms with E-state index in [1.807, 2.05) is 31.2 Å². The average Bonchev–Trinajstić information content (AvgIpc) is 3.02. The normalized spacial score (nSPS) is 11.3. The molecule has 0 bridgehead atoms. The topological polar surface area (TPSA) is 86.7 Å². The SMILES string of the molecule is COc1ccc(OC(C)CNC(=O)c2coc(CN)c2)cc1.Cl. The van der Waals surface area contributed by atoms with Gasteiger partial charge in [-0.25, -0.2) is 0 Å². The first-order valence-electron chi connectivity index (χ1n) is 6.98. The zero-order valence-corrected chi connectivity index (χ0v) is 13.9. The van der Waals surface area contributed by atoms with Crippen LogP contribution in [0.1, 0.15) is 23.0 Å². The van der Waals surface area contributed by atoms with Gasteiger partial charge in [-0.15, -0.1) is 12.4 Å². The van der Waals surface area contributed by atoms with Crippen molar-refractivity contribution in [3.63, 3.8) is 0 Å². The lowest BCUT2D eigenvalue weighted by molar-refractivity contribution is 0.0931. The Morgan fingerprint density at radius 1 is 1.30 bits per heavy atom. The molecule has 1 aromatic carbocycles. The first kappa shape index (κ1) is 18.9. The number of nitrogens with two attached hydrogens (primary N) is 1. The Bertz CT molecular complexity index is 613. The lowest BCUT2D eigenvalue weighted by atomic mass is 10.2. The number of nitrogens with one attached hydrogen (secondary N) is 1. The molecule has 2 rings (SSSR count). The van der Waals surface area contributed by atoms with Crippen molar-refractivity contribution in [3.05, 3.63) is 47.9 Å². The highest BCUT2D eigenvalue weighted by Gasteiger charge is 2.11. The number of hydrogen-bond donors (Lipinski definition) is 2.